The maximum absolute atomic E-state index is 5.86. The summed E-state index contributed by atoms with van der Waals surface area (Å²) >= 11 is 5.86. The van der Waals surface area contributed by atoms with Crippen molar-refractivity contribution in [1.29, 1.82) is 0 Å². The molecule has 0 aliphatic carbocycles. The van der Waals surface area contributed by atoms with Gasteiger partial charge in [0.1, 0.15) is 11.5 Å². The molecule has 0 fully saturated rings. The second-order valence-corrected chi connectivity index (χ2v) is 3.57. The van der Waals surface area contributed by atoms with E-state index in [-0.39, 0.29) is 0 Å². The van der Waals surface area contributed by atoms with Crippen LogP contribution in [-0.2, 0) is 0 Å². The average molecular weight is 220 g/mol. The van der Waals surface area contributed by atoms with Gasteiger partial charge in [0.05, 0.1) is 0 Å². The molecule has 76 valence electrons. The Morgan fingerprint density at radius 2 is 1.67 bits per heavy atom. The van der Waals surface area contributed by atoms with Gasteiger partial charge in [0, 0.05) is 16.8 Å². The van der Waals surface area contributed by atoms with Crippen LogP contribution in [-0.4, -0.2) is 0 Å². The molecule has 0 saturated carbocycles. The van der Waals surface area contributed by atoms with Crippen molar-refractivity contribution >= 4 is 17.3 Å². The number of hydrogen-bond acceptors (Lipinski definition) is 2. The number of nitrogen functional groups attached to an aromatic ring is 1. The summed E-state index contributed by atoms with van der Waals surface area (Å²) in [7, 11) is 0. The minimum atomic E-state index is 0.570. The number of rotatable bonds is 2. The van der Waals surface area contributed by atoms with Crippen LogP contribution in [0.4, 0.5) is 5.69 Å². The van der Waals surface area contributed by atoms with E-state index in [0.29, 0.717) is 16.5 Å². The van der Waals surface area contributed by atoms with Crippen LogP contribution in [0.2, 0.25) is 5.02 Å². The summed E-state index contributed by atoms with van der Waals surface area (Å²) in [5, 5.41) is 0.570. The second kappa shape index (κ2) is 4.24. The number of para-hydroxylation sites is 1. The van der Waals surface area contributed by atoms with Crippen molar-refractivity contribution in [2.24, 2.45) is 0 Å². The maximum atomic E-state index is 5.86. The summed E-state index contributed by atoms with van der Waals surface area (Å²) in [6.07, 6.45) is 0. The van der Waals surface area contributed by atoms with Gasteiger partial charge >= 0.3 is 0 Å². The van der Waals surface area contributed by atoms with Crippen LogP contribution in [0.15, 0.2) is 48.5 Å². The van der Waals surface area contributed by atoms with Gasteiger partial charge in [-0.1, -0.05) is 29.8 Å². The molecule has 0 bridgehead atoms. The number of hydrogen-bond donors (Lipinski definition) is 1. The van der Waals surface area contributed by atoms with Gasteiger partial charge in [-0.2, -0.15) is 0 Å². The fraction of sp³-hybridized carbons (Fsp3) is 0. The smallest absolute Gasteiger partial charge is 0.130 e. The average Bonchev–Trinajstić information content (AvgIpc) is 2.17. The summed E-state index contributed by atoms with van der Waals surface area (Å²) < 4.78 is 5.58. The third kappa shape index (κ3) is 2.64. The van der Waals surface area contributed by atoms with Crippen LogP contribution >= 0.6 is 11.6 Å². The highest BCUT2D eigenvalue weighted by molar-refractivity contribution is 6.31. The van der Waals surface area contributed by atoms with Crippen LogP contribution in [0.5, 0.6) is 11.5 Å². The molecule has 2 N–H and O–H groups in total. The monoisotopic (exact) mass is 219 g/mol. The van der Waals surface area contributed by atoms with Gasteiger partial charge in [0.15, 0.2) is 0 Å². The van der Waals surface area contributed by atoms with E-state index in [9.17, 15) is 0 Å². The third-order valence-corrected chi connectivity index (χ3v) is 2.09. The lowest BCUT2D eigenvalue weighted by atomic mass is 10.3. The van der Waals surface area contributed by atoms with Crippen molar-refractivity contribution < 1.29 is 4.74 Å². The van der Waals surface area contributed by atoms with Crippen LogP contribution in [0.3, 0.4) is 0 Å². The van der Waals surface area contributed by atoms with Crippen LogP contribution in [0.25, 0.3) is 0 Å². The molecule has 2 rings (SSSR count). The molecule has 2 aromatic rings. The lowest BCUT2D eigenvalue weighted by molar-refractivity contribution is 0.483. The quantitative estimate of drug-likeness (QED) is 0.782. The lowest BCUT2D eigenvalue weighted by Crippen LogP contribution is -1.88. The lowest BCUT2D eigenvalue weighted by Gasteiger charge is -2.06. The fourth-order valence-corrected chi connectivity index (χ4v) is 1.50. The summed E-state index contributed by atoms with van der Waals surface area (Å²) in [5.74, 6) is 1.41. The van der Waals surface area contributed by atoms with Crippen molar-refractivity contribution in [1.82, 2.24) is 0 Å². The molecule has 0 aliphatic rings. The Bertz CT molecular complexity index is 436. The number of benzene rings is 2. The molecule has 3 heteroatoms. The van der Waals surface area contributed by atoms with Crippen LogP contribution in [0, 0.1) is 0 Å². The largest absolute Gasteiger partial charge is 0.457 e. The first kappa shape index (κ1) is 9.87. The molecule has 0 unspecified atom stereocenters. The Morgan fingerprint density at radius 1 is 0.933 bits per heavy atom. The van der Waals surface area contributed by atoms with Crippen molar-refractivity contribution in [2.45, 2.75) is 0 Å². The van der Waals surface area contributed by atoms with E-state index in [1.807, 2.05) is 30.3 Å². The Morgan fingerprint density at radius 3 is 2.33 bits per heavy atom. The van der Waals surface area contributed by atoms with E-state index in [0.717, 1.165) is 5.75 Å². The zero-order valence-electron chi connectivity index (χ0n) is 7.98. The SMILES string of the molecule is Nc1cc(Cl)cc(Oc2ccccc2)c1. The summed E-state index contributed by atoms with van der Waals surface area (Å²) in [4.78, 5) is 0. The van der Waals surface area contributed by atoms with Gasteiger partial charge in [0.25, 0.3) is 0 Å². The van der Waals surface area contributed by atoms with Crippen LogP contribution in [0.1, 0.15) is 0 Å². The van der Waals surface area contributed by atoms with Gasteiger partial charge in [-0.05, 0) is 24.3 Å². The Kier molecular flexibility index (Phi) is 2.79. The molecule has 2 nitrogen and oxygen atoms in total. The molecular weight excluding hydrogens is 210 g/mol. The highest BCUT2D eigenvalue weighted by Gasteiger charge is 1.99. The van der Waals surface area contributed by atoms with Gasteiger partial charge in [-0.25, -0.2) is 0 Å². The molecular formula is C12H10ClNO. The van der Waals surface area contributed by atoms with Gasteiger partial charge in [-0.15, -0.1) is 0 Å². The topological polar surface area (TPSA) is 35.2 Å². The first-order valence-electron chi connectivity index (χ1n) is 4.53. The van der Waals surface area contributed by atoms with Gasteiger partial charge in [-0.3, -0.25) is 0 Å². The minimum Gasteiger partial charge on any atom is -0.457 e. The Hall–Kier alpha value is -1.67. The summed E-state index contributed by atoms with van der Waals surface area (Å²) in [6.45, 7) is 0. The van der Waals surface area contributed by atoms with E-state index in [2.05, 4.69) is 0 Å². The Balaban J connectivity index is 2.25. The molecule has 0 radical (unpaired) electrons. The number of halogens is 1. The van der Waals surface area contributed by atoms with Crippen molar-refractivity contribution in [3.63, 3.8) is 0 Å². The fourth-order valence-electron chi connectivity index (χ4n) is 1.27. The highest BCUT2D eigenvalue weighted by Crippen LogP contribution is 2.26. The Labute approximate surface area is 93.2 Å². The van der Waals surface area contributed by atoms with E-state index in [1.165, 1.54) is 0 Å². The third-order valence-electron chi connectivity index (χ3n) is 1.87. The molecule has 0 amide bonds. The van der Waals surface area contributed by atoms with Gasteiger partial charge in [0.2, 0.25) is 0 Å². The normalized spacial score (nSPS) is 9.93. The standard InChI is InChI=1S/C12H10ClNO/c13-9-6-10(14)8-12(7-9)15-11-4-2-1-3-5-11/h1-8H,14H2. The zero-order valence-corrected chi connectivity index (χ0v) is 8.74. The van der Waals surface area contributed by atoms with Crippen LogP contribution < -0.4 is 10.5 Å². The first-order valence-corrected chi connectivity index (χ1v) is 4.91. The highest BCUT2D eigenvalue weighted by atomic mass is 35.5. The first-order chi connectivity index (χ1) is 7.24. The van der Waals surface area contributed by atoms with Crippen molar-refractivity contribution in [3.05, 3.63) is 53.6 Å². The molecule has 0 spiro atoms. The zero-order chi connectivity index (χ0) is 10.7. The number of nitrogens with two attached hydrogens (primary N) is 1. The van der Waals surface area contributed by atoms with E-state index < -0.39 is 0 Å². The van der Waals surface area contributed by atoms with Crippen molar-refractivity contribution in [3.8, 4) is 11.5 Å². The van der Waals surface area contributed by atoms with Crippen molar-refractivity contribution in [2.75, 3.05) is 5.73 Å². The van der Waals surface area contributed by atoms with E-state index in [1.54, 1.807) is 18.2 Å². The number of ether oxygens (including phenoxy) is 1. The molecule has 0 saturated heterocycles. The molecule has 15 heavy (non-hydrogen) atoms. The summed E-state index contributed by atoms with van der Waals surface area (Å²) in [6, 6.07) is 14.6. The molecule has 2 aromatic carbocycles. The molecule has 0 aromatic heterocycles. The van der Waals surface area contributed by atoms with E-state index >= 15 is 0 Å². The molecule has 0 aliphatic heterocycles. The molecule has 0 heterocycles. The maximum Gasteiger partial charge on any atom is 0.130 e. The molecule has 0 atom stereocenters. The minimum absolute atomic E-state index is 0.570. The predicted octanol–water partition coefficient (Wildman–Crippen LogP) is 3.71. The van der Waals surface area contributed by atoms with E-state index in [4.69, 9.17) is 22.1 Å². The summed E-state index contributed by atoms with van der Waals surface area (Å²) in [5.41, 5.74) is 6.24. The predicted molar refractivity (Wildman–Crippen MR) is 62.4 cm³/mol. The second-order valence-electron chi connectivity index (χ2n) is 3.14. The number of anilines is 1. The van der Waals surface area contributed by atoms with Gasteiger partial charge < -0.3 is 10.5 Å².